The van der Waals surface area contributed by atoms with Gasteiger partial charge in [0.15, 0.2) is 0 Å². The maximum Gasteiger partial charge on any atom is 0.269 e. The van der Waals surface area contributed by atoms with E-state index in [0.29, 0.717) is 17.5 Å². The van der Waals surface area contributed by atoms with Crippen LogP contribution in [0.3, 0.4) is 0 Å². The summed E-state index contributed by atoms with van der Waals surface area (Å²) >= 11 is 5.77. The molecule has 0 heterocycles. The first-order valence-electron chi connectivity index (χ1n) is 8.20. The topological polar surface area (TPSA) is 105 Å². The lowest BCUT2D eigenvalue weighted by Crippen LogP contribution is -2.30. The number of nitrogens with one attached hydrogen (secondary N) is 2. The molecule has 1 aliphatic carbocycles. The number of hydroxylamine groups is 1. The van der Waals surface area contributed by atoms with Crippen molar-refractivity contribution in [3.8, 4) is 0 Å². The predicted octanol–water partition coefficient (Wildman–Crippen LogP) is 2.09. The third-order valence-electron chi connectivity index (χ3n) is 4.34. The summed E-state index contributed by atoms with van der Waals surface area (Å²) in [4.78, 5) is 11.1. The van der Waals surface area contributed by atoms with E-state index >= 15 is 0 Å². The van der Waals surface area contributed by atoms with Crippen molar-refractivity contribution in [2.45, 2.75) is 43.1 Å². The van der Waals surface area contributed by atoms with Gasteiger partial charge in [-0.2, -0.15) is 0 Å². The number of rotatable bonds is 8. The molecular weight excluding hydrogens is 368 g/mol. The van der Waals surface area contributed by atoms with Crippen LogP contribution in [-0.2, 0) is 19.6 Å². The first-order valence-corrected chi connectivity index (χ1v) is 10.1. The van der Waals surface area contributed by atoms with Gasteiger partial charge in [0.1, 0.15) is 6.61 Å². The number of amides is 1. The molecule has 1 aromatic rings. The van der Waals surface area contributed by atoms with Crippen molar-refractivity contribution in [2.75, 3.05) is 13.2 Å². The van der Waals surface area contributed by atoms with E-state index in [-0.39, 0.29) is 17.6 Å². The monoisotopic (exact) mass is 390 g/mol. The van der Waals surface area contributed by atoms with E-state index in [1.54, 1.807) is 12.1 Å². The van der Waals surface area contributed by atoms with Crippen molar-refractivity contribution in [2.24, 2.45) is 5.92 Å². The van der Waals surface area contributed by atoms with Crippen molar-refractivity contribution in [1.82, 2.24) is 10.2 Å². The molecule has 1 aliphatic rings. The van der Waals surface area contributed by atoms with Gasteiger partial charge >= 0.3 is 0 Å². The molecule has 7 nitrogen and oxygen atoms in total. The minimum absolute atomic E-state index is 0.0132. The van der Waals surface area contributed by atoms with E-state index < -0.39 is 15.9 Å². The fourth-order valence-electron chi connectivity index (χ4n) is 2.91. The van der Waals surface area contributed by atoms with Crippen LogP contribution in [0.1, 0.15) is 32.1 Å². The first kappa shape index (κ1) is 20.1. The average Bonchev–Trinajstić information content (AvgIpc) is 2.61. The van der Waals surface area contributed by atoms with Crippen molar-refractivity contribution >= 4 is 27.5 Å². The molecular formula is C16H23ClN2O5S. The normalized spacial score (nSPS) is 21.0. The van der Waals surface area contributed by atoms with Gasteiger partial charge in [0.05, 0.1) is 11.0 Å². The van der Waals surface area contributed by atoms with Crippen molar-refractivity contribution in [3.05, 3.63) is 29.3 Å². The molecule has 0 atom stereocenters. The molecule has 1 amide bonds. The number of carbonyl (C=O) groups is 1. The minimum atomic E-state index is -3.51. The van der Waals surface area contributed by atoms with Gasteiger partial charge in [0.25, 0.3) is 5.91 Å². The number of benzene rings is 1. The number of ether oxygens (including phenoxy) is 1. The van der Waals surface area contributed by atoms with Gasteiger partial charge in [0.2, 0.25) is 10.0 Å². The summed E-state index contributed by atoms with van der Waals surface area (Å²) in [5, 5.41) is 8.92. The number of halogens is 1. The zero-order valence-corrected chi connectivity index (χ0v) is 15.4. The zero-order valence-electron chi connectivity index (χ0n) is 13.8. The van der Waals surface area contributed by atoms with Crippen LogP contribution in [0.2, 0.25) is 5.02 Å². The molecule has 0 aromatic heterocycles. The quantitative estimate of drug-likeness (QED) is 0.465. The highest BCUT2D eigenvalue weighted by Crippen LogP contribution is 2.28. The molecule has 1 saturated carbocycles. The lowest BCUT2D eigenvalue weighted by Gasteiger charge is -2.28. The SMILES string of the molecule is O=C(COC1CCC(CCNS(=O)(=O)c2ccc(Cl)cc2)CC1)NO. The third kappa shape index (κ3) is 6.56. The summed E-state index contributed by atoms with van der Waals surface area (Å²) < 4.78 is 32.4. The molecule has 0 aliphatic heterocycles. The highest BCUT2D eigenvalue weighted by Gasteiger charge is 2.23. The Labute approximate surface area is 152 Å². The Bertz CT molecular complexity index is 658. The fraction of sp³-hybridized carbons (Fsp3) is 0.562. The van der Waals surface area contributed by atoms with E-state index in [0.717, 1.165) is 32.1 Å². The maximum atomic E-state index is 12.2. The first-order chi connectivity index (χ1) is 11.9. The molecule has 2 rings (SSSR count). The largest absolute Gasteiger partial charge is 0.368 e. The molecule has 9 heteroatoms. The second kappa shape index (κ2) is 9.49. The van der Waals surface area contributed by atoms with Crippen LogP contribution < -0.4 is 10.2 Å². The molecule has 0 spiro atoms. The van der Waals surface area contributed by atoms with Crippen molar-refractivity contribution in [3.63, 3.8) is 0 Å². The van der Waals surface area contributed by atoms with Crippen LogP contribution in [0.15, 0.2) is 29.2 Å². The highest BCUT2D eigenvalue weighted by atomic mass is 35.5. The third-order valence-corrected chi connectivity index (χ3v) is 6.07. The molecule has 3 N–H and O–H groups in total. The summed E-state index contributed by atoms with van der Waals surface area (Å²) in [6.45, 7) is 0.237. The molecule has 1 fully saturated rings. The summed E-state index contributed by atoms with van der Waals surface area (Å²) in [6.07, 6.45) is 4.28. The van der Waals surface area contributed by atoms with Crippen LogP contribution in [0, 0.1) is 5.92 Å². The van der Waals surface area contributed by atoms with E-state index in [4.69, 9.17) is 21.5 Å². The number of sulfonamides is 1. The Kier molecular flexibility index (Phi) is 7.64. The van der Waals surface area contributed by atoms with Gasteiger partial charge in [-0.25, -0.2) is 18.6 Å². The van der Waals surface area contributed by atoms with Crippen LogP contribution in [0.25, 0.3) is 0 Å². The van der Waals surface area contributed by atoms with Crippen LogP contribution in [0.4, 0.5) is 0 Å². The molecule has 1 aromatic carbocycles. The predicted molar refractivity (Wildman–Crippen MR) is 92.9 cm³/mol. The number of hydrogen-bond acceptors (Lipinski definition) is 5. The van der Waals surface area contributed by atoms with Crippen molar-refractivity contribution < 1.29 is 23.2 Å². The summed E-state index contributed by atoms with van der Waals surface area (Å²) in [5.41, 5.74) is 1.54. The summed E-state index contributed by atoms with van der Waals surface area (Å²) in [5.74, 6) is -0.127. The number of hydrogen-bond donors (Lipinski definition) is 3. The fourth-order valence-corrected chi connectivity index (χ4v) is 4.08. The van der Waals surface area contributed by atoms with Crippen molar-refractivity contribution in [1.29, 1.82) is 0 Å². The molecule has 25 heavy (non-hydrogen) atoms. The molecule has 0 bridgehead atoms. The lowest BCUT2D eigenvalue weighted by atomic mass is 9.85. The number of carbonyl (C=O) groups excluding carboxylic acids is 1. The second-order valence-corrected chi connectivity index (χ2v) is 8.33. The Morgan fingerprint density at radius 3 is 2.44 bits per heavy atom. The summed E-state index contributed by atoms with van der Waals surface area (Å²) in [7, 11) is -3.51. The smallest absolute Gasteiger partial charge is 0.269 e. The zero-order chi connectivity index (χ0) is 18.3. The minimum Gasteiger partial charge on any atom is -0.368 e. The van der Waals surface area contributed by atoms with Gasteiger partial charge in [-0.3, -0.25) is 10.0 Å². The van der Waals surface area contributed by atoms with E-state index in [1.807, 2.05) is 0 Å². The molecule has 0 radical (unpaired) electrons. The van der Waals surface area contributed by atoms with Gasteiger partial charge in [0, 0.05) is 11.6 Å². The lowest BCUT2D eigenvalue weighted by molar-refractivity contribution is -0.136. The molecule has 140 valence electrons. The average molecular weight is 391 g/mol. The maximum absolute atomic E-state index is 12.2. The van der Waals surface area contributed by atoms with Crippen LogP contribution >= 0.6 is 11.6 Å². The van der Waals surface area contributed by atoms with Crippen LogP contribution in [0.5, 0.6) is 0 Å². The van der Waals surface area contributed by atoms with Gasteiger partial charge in [-0.1, -0.05) is 11.6 Å². The Morgan fingerprint density at radius 2 is 1.84 bits per heavy atom. The standard InChI is InChI=1S/C16H23ClN2O5S/c17-13-3-7-15(8-4-13)25(22,23)18-10-9-12-1-5-14(6-2-12)24-11-16(20)19-21/h3-4,7-8,12,14,18,21H,1-2,5-6,9-11H2,(H,19,20). The second-order valence-electron chi connectivity index (χ2n) is 6.13. The highest BCUT2D eigenvalue weighted by molar-refractivity contribution is 7.89. The molecule has 0 saturated heterocycles. The summed E-state index contributed by atoms with van der Waals surface area (Å²) in [6, 6.07) is 6.06. The van der Waals surface area contributed by atoms with Crippen LogP contribution in [-0.4, -0.2) is 38.8 Å². The van der Waals surface area contributed by atoms with Gasteiger partial charge in [-0.05, 0) is 62.3 Å². The Morgan fingerprint density at radius 1 is 1.20 bits per heavy atom. The van der Waals surface area contributed by atoms with E-state index in [2.05, 4.69) is 4.72 Å². The van der Waals surface area contributed by atoms with E-state index in [1.165, 1.54) is 17.6 Å². The van der Waals surface area contributed by atoms with E-state index in [9.17, 15) is 13.2 Å². The Balaban J connectivity index is 1.69. The van der Waals surface area contributed by atoms with Gasteiger partial charge in [-0.15, -0.1) is 0 Å². The molecule has 0 unspecified atom stereocenters. The Hall–Kier alpha value is -1.19. The van der Waals surface area contributed by atoms with Gasteiger partial charge < -0.3 is 4.74 Å².